The maximum atomic E-state index is 12.9. The Morgan fingerprint density at radius 1 is 1.12 bits per heavy atom. The van der Waals surface area contributed by atoms with Crippen LogP contribution in [0.5, 0.6) is 5.75 Å². The van der Waals surface area contributed by atoms with Crippen LogP contribution in [0.15, 0.2) is 53.4 Å². The summed E-state index contributed by atoms with van der Waals surface area (Å²) >= 11 is 2.10. The second kappa shape index (κ2) is 8.05. The summed E-state index contributed by atoms with van der Waals surface area (Å²) in [6.07, 6.45) is 2.83. The van der Waals surface area contributed by atoms with Gasteiger partial charge in [0, 0.05) is 13.1 Å². The number of hydrogen-bond acceptors (Lipinski definition) is 3. The van der Waals surface area contributed by atoms with E-state index in [2.05, 4.69) is 46.9 Å². The molecule has 4 nitrogen and oxygen atoms in total. The molecule has 0 radical (unpaired) electrons. The van der Waals surface area contributed by atoms with Crippen molar-refractivity contribution in [2.45, 2.75) is 24.2 Å². The lowest BCUT2D eigenvalue weighted by molar-refractivity contribution is 0.273. The van der Waals surface area contributed by atoms with Gasteiger partial charge in [-0.3, -0.25) is 0 Å². The van der Waals surface area contributed by atoms with Gasteiger partial charge in [0.25, 0.3) is 0 Å². The van der Waals surface area contributed by atoms with Crippen LogP contribution in [0.3, 0.4) is 0 Å². The lowest BCUT2D eigenvalue weighted by atomic mass is 9.91. The van der Waals surface area contributed by atoms with Gasteiger partial charge >= 0.3 is 0 Å². The molecule has 25 heavy (non-hydrogen) atoms. The summed E-state index contributed by atoms with van der Waals surface area (Å²) in [5.74, 6) is 1.24. The largest absolute Gasteiger partial charge is 0.496 e. The quantitative estimate of drug-likeness (QED) is 0.621. The van der Waals surface area contributed by atoms with Crippen LogP contribution >= 0.6 is 22.6 Å². The molecule has 0 bridgehead atoms. The summed E-state index contributed by atoms with van der Waals surface area (Å²) in [6, 6.07) is 15.5. The summed E-state index contributed by atoms with van der Waals surface area (Å²) in [7, 11) is -1.85. The van der Waals surface area contributed by atoms with Gasteiger partial charge in [0.15, 0.2) is 0 Å². The fourth-order valence-electron chi connectivity index (χ4n) is 3.26. The molecule has 0 N–H and O–H groups in total. The Bertz CT molecular complexity index is 816. The zero-order chi connectivity index (χ0) is 17.9. The van der Waals surface area contributed by atoms with E-state index in [0.29, 0.717) is 29.7 Å². The van der Waals surface area contributed by atoms with E-state index in [9.17, 15) is 8.42 Å². The molecule has 0 unspecified atom stereocenters. The smallest absolute Gasteiger partial charge is 0.243 e. The number of benzene rings is 2. The molecule has 1 fully saturated rings. The molecule has 3 rings (SSSR count). The summed E-state index contributed by atoms with van der Waals surface area (Å²) < 4.78 is 33.4. The van der Waals surface area contributed by atoms with E-state index in [1.807, 2.05) is 6.07 Å². The van der Waals surface area contributed by atoms with Crippen LogP contribution in [0.25, 0.3) is 0 Å². The lowest BCUT2D eigenvalue weighted by Gasteiger charge is -2.31. The summed E-state index contributed by atoms with van der Waals surface area (Å²) in [5.41, 5.74) is 1.33. The molecule has 1 aliphatic rings. The summed E-state index contributed by atoms with van der Waals surface area (Å²) in [5, 5.41) is 0. The van der Waals surface area contributed by atoms with Crippen LogP contribution in [0.4, 0.5) is 0 Å². The molecule has 134 valence electrons. The van der Waals surface area contributed by atoms with Crippen molar-refractivity contribution in [1.82, 2.24) is 4.31 Å². The highest BCUT2D eigenvalue weighted by atomic mass is 127. The van der Waals surface area contributed by atoms with Crippen molar-refractivity contribution in [1.29, 1.82) is 0 Å². The number of piperidine rings is 1. The van der Waals surface area contributed by atoms with E-state index in [1.54, 1.807) is 29.6 Å². The average molecular weight is 471 g/mol. The van der Waals surface area contributed by atoms with E-state index < -0.39 is 10.0 Å². The number of methoxy groups -OCH3 is 1. The van der Waals surface area contributed by atoms with Crippen LogP contribution in [0.2, 0.25) is 0 Å². The molecule has 0 amide bonds. The second-order valence-electron chi connectivity index (χ2n) is 6.33. The van der Waals surface area contributed by atoms with Crippen molar-refractivity contribution in [3.8, 4) is 5.75 Å². The third kappa shape index (κ3) is 4.35. The molecule has 6 heteroatoms. The predicted octanol–water partition coefficient (Wildman–Crippen LogP) is 3.94. The van der Waals surface area contributed by atoms with Gasteiger partial charge in [0.1, 0.15) is 5.75 Å². The van der Waals surface area contributed by atoms with Crippen molar-refractivity contribution in [3.05, 3.63) is 57.7 Å². The van der Waals surface area contributed by atoms with E-state index in [1.165, 1.54) is 5.56 Å². The Hall–Kier alpha value is -1.12. The van der Waals surface area contributed by atoms with E-state index in [-0.39, 0.29) is 0 Å². The fraction of sp³-hybridized carbons (Fsp3) is 0.368. The molecule has 1 saturated heterocycles. The fourth-order valence-corrected chi connectivity index (χ4v) is 5.70. The Morgan fingerprint density at radius 3 is 2.40 bits per heavy atom. The Balaban J connectivity index is 1.66. The topological polar surface area (TPSA) is 46.6 Å². The van der Waals surface area contributed by atoms with Gasteiger partial charge in [-0.25, -0.2) is 8.42 Å². The predicted molar refractivity (Wildman–Crippen MR) is 107 cm³/mol. The molecule has 0 aliphatic carbocycles. The first-order chi connectivity index (χ1) is 12.0. The third-order valence-corrected chi connectivity index (χ3v) is 7.44. The minimum atomic E-state index is -3.43. The molecule has 0 spiro atoms. The first-order valence-corrected chi connectivity index (χ1v) is 10.9. The van der Waals surface area contributed by atoms with Gasteiger partial charge in [0.2, 0.25) is 10.0 Å². The lowest BCUT2D eigenvalue weighted by Crippen LogP contribution is -2.38. The number of sulfonamides is 1. The van der Waals surface area contributed by atoms with Crippen LogP contribution in [0.1, 0.15) is 18.4 Å². The summed E-state index contributed by atoms with van der Waals surface area (Å²) in [6.45, 7) is 1.17. The molecule has 1 heterocycles. The molecular weight excluding hydrogens is 449 g/mol. The normalized spacial score (nSPS) is 16.7. The maximum absolute atomic E-state index is 12.9. The van der Waals surface area contributed by atoms with Crippen molar-refractivity contribution >= 4 is 32.6 Å². The van der Waals surface area contributed by atoms with Crippen molar-refractivity contribution in [3.63, 3.8) is 0 Å². The molecule has 0 saturated carbocycles. The first-order valence-electron chi connectivity index (χ1n) is 8.38. The molecule has 2 aromatic rings. The van der Waals surface area contributed by atoms with Crippen LogP contribution in [-0.4, -0.2) is 32.9 Å². The number of hydrogen-bond donors (Lipinski definition) is 0. The van der Waals surface area contributed by atoms with Gasteiger partial charge in [-0.15, -0.1) is 0 Å². The third-order valence-electron chi connectivity index (χ3n) is 4.70. The summed E-state index contributed by atoms with van der Waals surface area (Å²) in [4.78, 5) is 0.346. The average Bonchev–Trinajstić information content (AvgIpc) is 2.63. The number of nitrogens with zero attached hydrogens (tertiary/aromatic N) is 1. The number of halogens is 1. The van der Waals surface area contributed by atoms with Crippen molar-refractivity contribution in [2.24, 2.45) is 5.92 Å². The highest BCUT2D eigenvalue weighted by Crippen LogP contribution is 2.29. The van der Waals surface area contributed by atoms with Crippen LogP contribution in [0, 0.1) is 9.49 Å². The maximum Gasteiger partial charge on any atom is 0.243 e. The van der Waals surface area contributed by atoms with Gasteiger partial charge in [-0.2, -0.15) is 4.31 Å². The molecule has 0 atom stereocenters. The zero-order valence-corrected chi connectivity index (χ0v) is 17.2. The number of ether oxygens (including phenoxy) is 1. The Kier molecular flexibility index (Phi) is 6.01. The standard InChI is InChI=1S/C19H22INO3S/c1-24-19-8-7-17(14-18(19)20)25(22,23)21-11-9-16(10-12-21)13-15-5-3-2-4-6-15/h2-8,14,16H,9-13H2,1H3. The van der Waals surface area contributed by atoms with Crippen molar-refractivity contribution in [2.75, 3.05) is 20.2 Å². The SMILES string of the molecule is COc1ccc(S(=O)(=O)N2CCC(Cc3ccccc3)CC2)cc1I. The zero-order valence-electron chi connectivity index (χ0n) is 14.2. The second-order valence-corrected chi connectivity index (χ2v) is 9.43. The first kappa shape index (κ1) is 18.7. The number of rotatable bonds is 5. The van der Waals surface area contributed by atoms with Crippen LogP contribution in [-0.2, 0) is 16.4 Å². The van der Waals surface area contributed by atoms with E-state index in [4.69, 9.17) is 4.74 Å². The highest BCUT2D eigenvalue weighted by molar-refractivity contribution is 14.1. The molecule has 0 aromatic heterocycles. The van der Waals surface area contributed by atoms with E-state index in [0.717, 1.165) is 22.8 Å². The van der Waals surface area contributed by atoms with Gasteiger partial charge < -0.3 is 4.74 Å². The van der Waals surface area contributed by atoms with Crippen molar-refractivity contribution < 1.29 is 13.2 Å². The van der Waals surface area contributed by atoms with Crippen LogP contribution < -0.4 is 4.74 Å². The molecular formula is C19H22INO3S. The van der Waals surface area contributed by atoms with Gasteiger partial charge in [-0.1, -0.05) is 30.3 Å². The molecule has 1 aliphatic heterocycles. The molecule has 2 aromatic carbocycles. The minimum absolute atomic E-state index is 0.346. The Morgan fingerprint density at radius 2 is 1.80 bits per heavy atom. The van der Waals surface area contributed by atoms with Gasteiger partial charge in [-0.05, 0) is 71.5 Å². The van der Waals surface area contributed by atoms with E-state index >= 15 is 0 Å². The minimum Gasteiger partial charge on any atom is -0.496 e. The monoisotopic (exact) mass is 471 g/mol. The van der Waals surface area contributed by atoms with Gasteiger partial charge in [0.05, 0.1) is 15.6 Å². The highest BCUT2D eigenvalue weighted by Gasteiger charge is 2.29. The Labute approximate surface area is 163 Å².